The van der Waals surface area contributed by atoms with Gasteiger partial charge in [-0.3, -0.25) is 14.4 Å². The Hall–Kier alpha value is -3.75. The predicted molar refractivity (Wildman–Crippen MR) is 96.8 cm³/mol. The minimum absolute atomic E-state index is 0.285. The molecule has 0 fully saturated rings. The summed E-state index contributed by atoms with van der Waals surface area (Å²) in [7, 11) is 1.33. The van der Waals surface area contributed by atoms with Crippen molar-refractivity contribution in [2.45, 2.75) is 0 Å². The molecule has 0 aliphatic heterocycles. The number of hydrogen-bond acceptors (Lipinski definition) is 5. The number of ether oxygens (including phenoxy) is 1. The fourth-order valence-corrected chi connectivity index (χ4v) is 1.92. The maximum absolute atomic E-state index is 12.9. The molecule has 8 nitrogen and oxygen atoms in total. The van der Waals surface area contributed by atoms with Crippen molar-refractivity contribution >= 4 is 29.6 Å². The second-order valence-electron chi connectivity index (χ2n) is 5.16. The quantitative estimate of drug-likeness (QED) is 0.400. The van der Waals surface area contributed by atoms with E-state index >= 15 is 0 Å². The van der Waals surface area contributed by atoms with Gasteiger partial charge in [0, 0.05) is 18.3 Å². The van der Waals surface area contributed by atoms with Crippen LogP contribution in [0.3, 0.4) is 0 Å². The van der Waals surface area contributed by atoms with Crippen LogP contribution in [0.4, 0.5) is 10.1 Å². The van der Waals surface area contributed by atoms with Crippen molar-refractivity contribution in [1.29, 1.82) is 0 Å². The van der Waals surface area contributed by atoms with Gasteiger partial charge in [-0.1, -0.05) is 12.1 Å². The van der Waals surface area contributed by atoms with Gasteiger partial charge >= 0.3 is 11.8 Å². The lowest BCUT2D eigenvalue weighted by atomic mass is 10.2. The third kappa shape index (κ3) is 6.24. The molecular formula is C18H17FN4O4. The molecule has 0 saturated heterocycles. The second kappa shape index (κ2) is 9.66. The number of anilines is 1. The van der Waals surface area contributed by atoms with Gasteiger partial charge in [-0.2, -0.15) is 5.10 Å². The molecule has 0 radical (unpaired) electrons. The van der Waals surface area contributed by atoms with E-state index in [0.717, 1.165) is 0 Å². The van der Waals surface area contributed by atoms with Gasteiger partial charge in [0.2, 0.25) is 0 Å². The fourth-order valence-electron chi connectivity index (χ4n) is 1.92. The Morgan fingerprint density at radius 2 is 1.78 bits per heavy atom. The standard InChI is InChI=1S/C18H17FN4O4/c1-20-17(25)18(26)23-21-10-12-4-2-3-5-15(12)27-11-16(24)22-14-8-6-13(19)7-9-14/h2-10H,11H2,1H3,(H,20,25)(H,22,24)(H,23,26)/b21-10-. The molecule has 140 valence electrons. The van der Waals surface area contributed by atoms with Crippen molar-refractivity contribution in [3.63, 3.8) is 0 Å². The number of likely N-dealkylation sites (N-methyl/N-ethyl adjacent to an activating group) is 1. The summed E-state index contributed by atoms with van der Waals surface area (Å²) < 4.78 is 18.3. The Morgan fingerprint density at radius 3 is 2.48 bits per heavy atom. The van der Waals surface area contributed by atoms with E-state index in [1.807, 2.05) is 0 Å². The Bertz CT molecular complexity index is 853. The second-order valence-corrected chi connectivity index (χ2v) is 5.16. The van der Waals surface area contributed by atoms with Gasteiger partial charge < -0.3 is 15.4 Å². The minimum Gasteiger partial charge on any atom is -0.483 e. The van der Waals surface area contributed by atoms with Gasteiger partial charge in [0.25, 0.3) is 5.91 Å². The summed E-state index contributed by atoms with van der Waals surface area (Å²) in [6.45, 7) is -0.285. The zero-order chi connectivity index (χ0) is 19.6. The molecule has 2 rings (SSSR count). The van der Waals surface area contributed by atoms with Gasteiger partial charge in [0.05, 0.1) is 6.21 Å². The molecule has 27 heavy (non-hydrogen) atoms. The maximum atomic E-state index is 12.9. The highest BCUT2D eigenvalue weighted by molar-refractivity contribution is 6.35. The number of amides is 3. The number of nitrogens with zero attached hydrogens (tertiary/aromatic N) is 1. The Morgan fingerprint density at radius 1 is 1.07 bits per heavy atom. The van der Waals surface area contributed by atoms with Crippen LogP contribution in [0.1, 0.15) is 5.56 Å². The van der Waals surface area contributed by atoms with Crippen molar-refractivity contribution in [2.24, 2.45) is 5.10 Å². The SMILES string of the molecule is CNC(=O)C(=O)N/N=C\c1ccccc1OCC(=O)Nc1ccc(F)cc1. The molecule has 0 bridgehead atoms. The molecule has 0 aliphatic carbocycles. The van der Waals surface area contributed by atoms with Gasteiger partial charge in [-0.25, -0.2) is 9.82 Å². The van der Waals surface area contributed by atoms with Crippen LogP contribution in [0.15, 0.2) is 53.6 Å². The molecule has 0 saturated carbocycles. The predicted octanol–water partition coefficient (Wildman–Crippen LogP) is 1.04. The number of carbonyl (C=O) groups excluding carboxylic acids is 3. The Labute approximate surface area is 154 Å². The number of hydrogen-bond donors (Lipinski definition) is 3. The zero-order valence-electron chi connectivity index (χ0n) is 14.4. The minimum atomic E-state index is -0.911. The third-order valence-electron chi connectivity index (χ3n) is 3.21. The number of hydrazone groups is 1. The summed E-state index contributed by atoms with van der Waals surface area (Å²) >= 11 is 0. The van der Waals surface area contributed by atoms with Crippen LogP contribution >= 0.6 is 0 Å². The van der Waals surface area contributed by atoms with E-state index in [-0.39, 0.29) is 6.61 Å². The van der Waals surface area contributed by atoms with E-state index in [0.29, 0.717) is 17.0 Å². The monoisotopic (exact) mass is 372 g/mol. The average molecular weight is 372 g/mol. The van der Waals surface area contributed by atoms with Crippen molar-refractivity contribution in [1.82, 2.24) is 10.7 Å². The zero-order valence-corrected chi connectivity index (χ0v) is 14.4. The van der Waals surface area contributed by atoms with Crippen molar-refractivity contribution in [3.8, 4) is 5.75 Å². The van der Waals surface area contributed by atoms with Crippen LogP contribution in [0.2, 0.25) is 0 Å². The normalized spacial score (nSPS) is 10.3. The number of carbonyl (C=O) groups is 3. The first-order chi connectivity index (χ1) is 13.0. The summed E-state index contributed by atoms with van der Waals surface area (Å²) in [5, 5.41) is 8.41. The van der Waals surface area contributed by atoms with E-state index in [4.69, 9.17) is 4.74 Å². The molecule has 2 aromatic rings. The summed E-state index contributed by atoms with van der Waals surface area (Å²) in [6.07, 6.45) is 1.29. The van der Waals surface area contributed by atoms with E-state index in [1.165, 1.54) is 37.5 Å². The van der Waals surface area contributed by atoms with Crippen molar-refractivity contribution in [2.75, 3.05) is 19.0 Å². The maximum Gasteiger partial charge on any atom is 0.329 e. The van der Waals surface area contributed by atoms with Crippen LogP contribution in [0, 0.1) is 5.82 Å². The van der Waals surface area contributed by atoms with Crippen LogP contribution in [0.25, 0.3) is 0 Å². The van der Waals surface area contributed by atoms with Crippen LogP contribution in [0.5, 0.6) is 5.75 Å². The lowest BCUT2D eigenvalue weighted by Crippen LogP contribution is -2.35. The molecule has 2 aromatic carbocycles. The topological polar surface area (TPSA) is 109 Å². The average Bonchev–Trinajstić information content (AvgIpc) is 2.68. The first-order valence-corrected chi connectivity index (χ1v) is 7.82. The number of nitrogens with one attached hydrogen (secondary N) is 3. The number of halogens is 1. The van der Waals surface area contributed by atoms with Crippen molar-refractivity contribution in [3.05, 3.63) is 59.9 Å². The lowest BCUT2D eigenvalue weighted by molar-refractivity contribution is -0.138. The van der Waals surface area contributed by atoms with Gasteiger partial charge in [-0.05, 0) is 36.4 Å². The third-order valence-corrected chi connectivity index (χ3v) is 3.21. The molecule has 0 atom stereocenters. The smallest absolute Gasteiger partial charge is 0.329 e. The molecule has 9 heteroatoms. The first-order valence-electron chi connectivity index (χ1n) is 7.82. The van der Waals surface area contributed by atoms with Gasteiger partial charge in [-0.15, -0.1) is 0 Å². The molecule has 0 aromatic heterocycles. The largest absolute Gasteiger partial charge is 0.483 e. The lowest BCUT2D eigenvalue weighted by Gasteiger charge is -2.09. The summed E-state index contributed by atoms with van der Waals surface area (Å²) in [6, 6.07) is 12.0. The number of benzene rings is 2. The van der Waals surface area contributed by atoms with E-state index in [9.17, 15) is 18.8 Å². The van der Waals surface area contributed by atoms with E-state index < -0.39 is 23.5 Å². The molecular weight excluding hydrogens is 355 g/mol. The fraction of sp³-hybridized carbons (Fsp3) is 0.111. The van der Waals surface area contributed by atoms with Crippen LogP contribution in [-0.2, 0) is 14.4 Å². The Kier molecular flexibility index (Phi) is 7.00. The van der Waals surface area contributed by atoms with Gasteiger partial charge in [0.15, 0.2) is 6.61 Å². The Balaban J connectivity index is 1.93. The summed E-state index contributed by atoms with van der Waals surface area (Å²) in [5.41, 5.74) is 3.00. The summed E-state index contributed by atoms with van der Waals surface area (Å²) in [5.74, 6) is -2.22. The highest BCUT2D eigenvalue weighted by Gasteiger charge is 2.10. The molecule has 3 N–H and O–H groups in total. The summed E-state index contributed by atoms with van der Waals surface area (Å²) in [4.78, 5) is 34.3. The van der Waals surface area contributed by atoms with Crippen LogP contribution < -0.4 is 20.8 Å². The molecule has 0 aliphatic rings. The number of rotatable bonds is 6. The molecule has 0 unspecified atom stereocenters. The molecule has 0 spiro atoms. The number of para-hydroxylation sites is 1. The highest BCUT2D eigenvalue weighted by atomic mass is 19.1. The van der Waals surface area contributed by atoms with Crippen molar-refractivity contribution < 1.29 is 23.5 Å². The van der Waals surface area contributed by atoms with E-state index in [2.05, 4.69) is 21.2 Å². The first kappa shape index (κ1) is 19.6. The molecule has 3 amide bonds. The van der Waals surface area contributed by atoms with Crippen LogP contribution in [-0.4, -0.2) is 37.6 Å². The van der Waals surface area contributed by atoms with E-state index in [1.54, 1.807) is 24.3 Å². The molecule has 0 heterocycles. The van der Waals surface area contributed by atoms with Gasteiger partial charge in [0.1, 0.15) is 11.6 Å². The highest BCUT2D eigenvalue weighted by Crippen LogP contribution is 2.16.